The van der Waals surface area contributed by atoms with E-state index in [4.69, 9.17) is 9.47 Å². The summed E-state index contributed by atoms with van der Waals surface area (Å²) in [5.41, 5.74) is 2.65. The molecule has 2 saturated heterocycles. The van der Waals surface area contributed by atoms with Gasteiger partial charge in [-0.15, -0.1) is 0 Å². The molecule has 0 aliphatic carbocycles. The van der Waals surface area contributed by atoms with Crippen molar-refractivity contribution in [2.75, 3.05) is 26.3 Å². The molecule has 0 unspecified atom stereocenters. The van der Waals surface area contributed by atoms with Gasteiger partial charge < -0.3 is 9.47 Å². The van der Waals surface area contributed by atoms with Crippen LogP contribution in [0.3, 0.4) is 0 Å². The number of likely N-dealkylation sites (tertiary alicyclic amines) is 1. The Kier molecular flexibility index (Phi) is 4.66. The smallest absolute Gasteiger partial charge is 0.193 e. The highest BCUT2D eigenvalue weighted by Crippen LogP contribution is 2.31. The summed E-state index contributed by atoms with van der Waals surface area (Å²) >= 11 is 0. The Morgan fingerprint density at radius 3 is 2.32 bits per heavy atom. The van der Waals surface area contributed by atoms with Crippen LogP contribution in [0.25, 0.3) is 0 Å². The van der Waals surface area contributed by atoms with Crippen molar-refractivity contribution < 1.29 is 14.3 Å². The second-order valence-electron chi connectivity index (χ2n) is 6.78. The lowest BCUT2D eigenvalue weighted by atomic mass is 10.00. The Morgan fingerprint density at radius 1 is 0.920 bits per heavy atom. The van der Waals surface area contributed by atoms with Crippen molar-refractivity contribution in [2.45, 2.75) is 25.2 Å². The summed E-state index contributed by atoms with van der Waals surface area (Å²) in [6.07, 6.45) is 1.82. The number of ketones is 1. The molecule has 2 aliphatic heterocycles. The summed E-state index contributed by atoms with van der Waals surface area (Å²) in [4.78, 5) is 15.0. The van der Waals surface area contributed by atoms with Crippen LogP contribution in [0.5, 0.6) is 0 Å². The molecule has 4 nitrogen and oxygen atoms in total. The van der Waals surface area contributed by atoms with Gasteiger partial charge in [0.15, 0.2) is 11.6 Å². The summed E-state index contributed by atoms with van der Waals surface area (Å²) in [5, 5.41) is 0. The van der Waals surface area contributed by atoms with E-state index < -0.39 is 0 Å². The molecule has 0 bridgehead atoms. The molecule has 0 radical (unpaired) electrons. The predicted molar refractivity (Wildman–Crippen MR) is 95.5 cm³/mol. The van der Waals surface area contributed by atoms with Crippen molar-refractivity contribution in [3.63, 3.8) is 0 Å². The van der Waals surface area contributed by atoms with Crippen LogP contribution in [0.1, 0.15) is 34.3 Å². The molecule has 4 rings (SSSR count). The minimum absolute atomic E-state index is 0.0767. The first-order valence-corrected chi connectivity index (χ1v) is 8.93. The maximum absolute atomic E-state index is 12.6. The molecule has 0 aromatic heterocycles. The molecule has 1 spiro atoms. The average Bonchev–Trinajstić information content (AvgIpc) is 3.12. The van der Waals surface area contributed by atoms with Crippen molar-refractivity contribution in [2.24, 2.45) is 0 Å². The third-order valence-electron chi connectivity index (χ3n) is 5.06. The van der Waals surface area contributed by atoms with E-state index in [0.717, 1.165) is 43.6 Å². The van der Waals surface area contributed by atoms with Gasteiger partial charge in [-0.2, -0.15) is 0 Å². The standard InChI is InChI=1S/C21H23NO3/c23-20(18-6-2-1-3-7-18)19-8-4-5-17(15-19)16-22-11-9-21(10-12-22)24-13-14-25-21/h1-8,15H,9-14,16H2. The quantitative estimate of drug-likeness (QED) is 0.803. The summed E-state index contributed by atoms with van der Waals surface area (Å²) < 4.78 is 11.6. The van der Waals surface area contributed by atoms with E-state index in [9.17, 15) is 4.79 Å². The SMILES string of the molecule is O=C(c1ccccc1)c1cccc(CN2CCC3(CC2)OCCO3)c1. The second kappa shape index (κ2) is 7.08. The summed E-state index contributed by atoms with van der Waals surface area (Å²) in [7, 11) is 0. The molecule has 130 valence electrons. The zero-order valence-electron chi connectivity index (χ0n) is 14.3. The number of rotatable bonds is 4. The Morgan fingerprint density at radius 2 is 1.60 bits per heavy atom. The molecular formula is C21H23NO3. The van der Waals surface area contributed by atoms with Crippen molar-refractivity contribution in [3.8, 4) is 0 Å². The van der Waals surface area contributed by atoms with Gasteiger partial charge in [0, 0.05) is 43.6 Å². The van der Waals surface area contributed by atoms with E-state index >= 15 is 0 Å². The van der Waals surface area contributed by atoms with Gasteiger partial charge in [-0.3, -0.25) is 9.69 Å². The van der Waals surface area contributed by atoms with E-state index in [2.05, 4.69) is 11.0 Å². The average molecular weight is 337 g/mol. The Hall–Kier alpha value is -2.01. The number of carbonyl (C=O) groups is 1. The maximum atomic E-state index is 12.6. The van der Waals surface area contributed by atoms with E-state index in [1.165, 1.54) is 5.56 Å². The highest BCUT2D eigenvalue weighted by atomic mass is 16.7. The Bertz CT molecular complexity index is 728. The van der Waals surface area contributed by atoms with Crippen molar-refractivity contribution in [1.29, 1.82) is 0 Å². The number of hydrogen-bond donors (Lipinski definition) is 0. The highest BCUT2D eigenvalue weighted by Gasteiger charge is 2.39. The number of ether oxygens (including phenoxy) is 2. The fraction of sp³-hybridized carbons (Fsp3) is 0.381. The minimum atomic E-state index is -0.332. The molecule has 2 heterocycles. The van der Waals surface area contributed by atoms with Crippen LogP contribution in [0.15, 0.2) is 54.6 Å². The van der Waals surface area contributed by atoms with Crippen molar-refractivity contribution in [1.82, 2.24) is 4.90 Å². The lowest BCUT2D eigenvalue weighted by Gasteiger charge is -2.37. The third kappa shape index (κ3) is 3.66. The number of carbonyl (C=O) groups excluding carboxylic acids is 1. The van der Waals surface area contributed by atoms with Crippen LogP contribution in [0, 0.1) is 0 Å². The summed E-state index contributed by atoms with van der Waals surface area (Å²) in [6, 6.07) is 17.4. The van der Waals surface area contributed by atoms with Gasteiger partial charge in [0.05, 0.1) is 13.2 Å². The van der Waals surface area contributed by atoms with Crippen molar-refractivity contribution >= 4 is 5.78 Å². The molecule has 25 heavy (non-hydrogen) atoms. The Balaban J connectivity index is 1.41. The first kappa shape index (κ1) is 16.5. The summed E-state index contributed by atoms with van der Waals surface area (Å²) in [5.74, 6) is -0.255. The van der Waals surface area contributed by atoms with Gasteiger partial charge in [-0.1, -0.05) is 48.5 Å². The van der Waals surface area contributed by atoms with Crippen LogP contribution in [0.2, 0.25) is 0 Å². The zero-order valence-corrected chi connectivity index (χ0v) is 14.3. The van der Waals surface area contributed by atoms with Gasteiger partial charge in [0.25, 0.3) is 0 Å². The maximum Gasteiger partial charge on any atom is 0.193 e. The first-order valence-electron chi connectivity index (χ1n) is 8.93. The normalized spacial score (nSPS) is 20.0. The highest BCUT2D eigenvalue weighted by molar-refractivity contribution is 6.09. The molecule has 4 heteroatoms. The number of nitrogens with zero attached hydrogens (tertiary/aromatic N) is 1. The van der Waals surface area contributed by atoms with Gasteiger partial charge >= 0.3 is 0 Å². The first-order chi connectivity index (χ1) is 12.2. The number of hydrogen-bond acceptors (Lipinski definition) is 4. The number of piperidine rings is 1. The minimum Gasteiger partial charge on any atom is -0.347 e. The largest absolute Gasteiger partial charge is 0.347 e. The molecule has 2 fully saturated rings. The van der Waals surface area contributed by atoms with E-state index in [-0.39, 0.29) is 11.6 Å². The third-order valence-corrected chi connectivity index (χ3v) is 5.06. The van der Waals surface area contributed by atoms with Gasteiger partial charge in [0.1, 0.15) is 0 Å². The molecule has 0 amide bonds. The molecule has 2 aliphatic rings. The molecule has 2 aromatic rings. The van der Waals surface area contributed by atoms with Crippen LogP contribution in [-0.4, -0.2) is 42.8 Å². The Labute approximate surface area is 148 Å². The van der Waals surface area contributed by atoms with E-state index in [0.29, 0.717) is 13.2 Å². The van der Waals surface area contributed by atoms with Crippen molar-refractivity contribution in [3.05, 3.63) is 71.3 Å². The molecule has 0 saturated carbocycles. The van der Waals surface area contributed by atoms with Gasteiger partial charge in [0.2, 0.25) is 0 Å². The fourth-order valence-corrected chi connectivity index (χ4v) is 3.66. The van der Waals surface area contributed by atoms with Crippen LogP contribution in [-0.2, 0) is 16.0 Å². The molecule has 0 atom stereocenters. The van der Waals surface area contributed by atoms with Crippen LogP contribution >= 0.6 is 0 Å². The van der Waals surface area contributed by atoms with Gasteiger partial charge in [-0.25, -0.2) is 0 Å². The topological polar surface area (TPSA) is 38.8 Å². The molecule has 2 aromatic carbocycles. The second-order valence-corrected chi connectivity index (χ2v) is 6.78. The lowest BCUT2D eigenvalue weighted by Crippen LogP contribution is -2.44. The van der Waals surface area contributed by atoms with Crippen LogP contribution in [0.4, 0.5) is 0 Å². The van der Waals surface area contributed by atoms with Gasteiger partial charge in [-0.05, 0) is 11.6 Å². The lowest BCUT2D eigenvalue weighted by molar-refractivity contribution is -0.185. The fourth-order valence-electron chi connectivity index (χ4n) is 3.66. The molecule has 0 N–H and O–H groups in total. The van der Waals surface area contributed by atoms with E-state index in [1.807, 2.05) is 48.5 Å². The molecular weight excluding hydrogens is 314 g/mol. The zero-order chi connectivity index (χ0) is 17.1. The van der Waals surface area contributed by atoms with Crippen LogP contribution < -0.4 is 0 Å². The monoisotopic (exact) mass is 337 g/mol. The predicted octanol–water partition coefficient (Wildman–Crippen LogP) is 3.26. The van der Waals surface area contributed by atoms with E-state index in [1.54, 1.807) is 0 Å². The number of benzene rings is 2. The summed E-state index contributed by atoms with van der Waals surface area (Å²) in [6.45, 7) is 4.19.